The molecule has 194 valence electrons. The molecule has 1 atom stereocenters. The van der Waals surface area contributed by atoms with E-state index in [1.807, 2.05) is 0 Å². The summed E-state index contributed by atoms with van der Waals surface area (Å²) in [6.45, 7) is -0.255. The van der Waals surface area contributed by atoms with Crippen LogP contribution in [0.5, 0.6) is 0 Å². The fourth-order valence-corrected chi connectivity index (χ4v) is 4.26. The van der Waals surface area contributed by atoms with Crippen molar-refractivity contribution < 1.29 is 35.5 Å². The lowest BCUT2D eigenvalue weighted by Crippen LogP contribution is -2.31. The normalized spacial score (nSPS) is 16.1. The van der Waals surface area contributed by atoms with E-state index >= 15 is 0 Å². The number of carbonyl (C=O) groups is 1. The minimum absolute atomic E-state index is 0.0615. The number of hydrogen-bond acceptors (Lipinski definition) is 4. The number of nitrogens with one attached hydrogen (secondary N) is 1. The van der Waals surface area contributed by atoms with Gasteiger partial charge in [-0.15, -0.1) is 0 Å². The average Bonchev–Trinajstić information content (AvgIpc) is 3.43. The predicted molar refractivity (Wildman–Crippen MR) is 115 cm³/mol. The second kappa shape index (κ2) is 8.85. The SMILES string of the molecule is O=C(NCc1cnc(-c2cn3c(n2)CC(C(F)(F)F)CC3)c(F)c1)c1c(C(F)(F)F)nc2ccccn12. The van der Waals surface area contributed by atoms with Gasteiger partial charge in [0.2, 0.25) is 0 Å². The number of aryl methyl sites for hydroxylation is 1. The first-order valence-corrected chi connectivity index (χ1v) is 11.0. The molecular weight excluding hydrogens is 509 g/mol. The van der Waals surface area contributed by atoms with Crippen LogP contribution in [0.4, 0.5) is 30.7 Å². The highest BCUT2D eigenvalue weighted by Crippen LogP contribution is 2.36. The Morgan fingerprint density at radius 3 is 2.62 bits per heavy atom. The van der Waals surface area contributed by atoms with Gasteiger partial charge in [0, 0.05) is 38.1 Å². The number of imidazole rings is 2. The highest BCUT2D eigenvalue weighted by Gasteiger charge is 2.42. The Labute approximate surface area is 204 Å². The summed E-state index contributed by atoms with van der Waals surface area (Å²) in [6, 6.07) is 5.27. The van der Waals surface area contributed by atoms with Gasteiger partial charge in [-0.3, -0.25) is 14.2 Å². The van der Waals surface area contributed by atoms with E-state index in [2.05, 4.69) is 20.3 Å². The molecule has 0 saturated heterocycles. The Hall–Kier alpha value is -3.97. The molecule has 7 nitrogen and oxygen atoms in total. The Balaban J connectivity index is 1.33. The number of alkyl halides is 6. The Morgan fingerprint density at radius 2 is 1.92 bits per heavy atom. The van der Waals surface area contributed by atoms with Crippen LogP contribution >= 0.6 is 0 Å². The average molecular weight is 526 g/mol. The standard InChI is InChI=1S/C23H17F7N6O/c24-14-7-12(9-31-18(14)15-11-35-6-4-13(22(25,26)27)8-17(35)33-15)10-32-21(37)19-20(23(28,29)30)34-16-3-1-2-5-36(16)19/h1-3,5,7,9,11,13H,4,6,8,10H2,(H,32,37). The van der Waals surface area contributed by atoms with Crippen LogP contribution in [0.1, 0.15) is 34.0 Å². The molecule has 0 fully saturated rings. The molecule has 5 heterocycles. The molecule has 1 N–H and O–H groups in total. The van der Waals surface area contributed by atoms with Crippen LogP contribution < -0.4 is 5.32 Å². The fraction of sp³-hybridized carbons (Fsp3) is 0.304. The lowest BCUT2D eigenvalue weighted by molar-refractivity contribution is -0.179. The van der Waals surface area contributed by atoms with E-state index in [9.17, 15) is 35.5 Å². The van der Waals surface area contributed by atoms with Crippen molar-refractivity contribution in [3.05, 3.63) is 71.4 Å². The molecule has 0 radical (unpaired) electrons. The number of pyridine rings is 2. The molecule has 1 amide bonds. The molecular formula is C23H17F7N6O. The van der Waals surface area contributed by atoms with Gasteiger partial charge in [0.05, 0.1) is 5.92 Å². The summed E-state index contributed by atoms with van der Waals surface area (Å²) in [7, 11) is 0. The first-order valence-electron chi connectivity index (χ1n) is 11.0. The first-order chi connectivity index (χ1) is 17.4. The van der Waals surface area contributed by atoms with Crippen molar-refractivity contribution in [1.82, 2.24) is 29.2 Å². The number of fused-ring (bicyclic) bond motifs is 2. The largest absolute Gasteiger partial charge is 0.435 e. The number of amides is 1. The van der Waals surface area contributed by atoms with Crippen molar-refractivity contribution in [3.63, 3.8) is 0 Å². The van der Waals surface area contributed by atoms with E-state index in [0.717, 1.165) is 10.5 Å². The summed E-state index contributed by atoms with van der Waals surface area (Å²) >= 11 is 0. The smallest absolute Gasteiger partial charge is 0.347 e. The molecule has 1 aliphatic rings. The van der Waals surface area contributed by atoms with Crippen LogP contribution in [-0.4, -0.2) is 36.0 Å². The molecule has 37 heavy (non-hydrogen) atoms. The van der Waals surface area contributed by atoms with Gasteiger partial charge in [0.1, 0.15) is 28.6 Å². The van der Waals surface area contributed by atoms with Crippen LogP contribution in [-0.2, 0) is 25.7 Å². The van der Waals surface area contributed by atoms with E-state index in [4.69, 9.17) is 0 Å². The molecule has 0 bridgehead atoms. The topological polar surface area (TPSA) is 77.1 Å². The molecule has 0 aliphatic carbocycles. The van der Waals surface area contributed by atoms with Gasteiger partial charge in [-0.05, 0) is 30.2 Å². The zero-order valence-corrected chi connectivity index (χ0v) is 18.7. The molecule has 1 unspecified atom stereocenters. The summed E-state index contributed by atoms with van der Waals surface area (Å²) in [5, 5.41) is 2.32. The summed E-state index contributed by atoms with van der Waals surface area (Å²) in [5.41, 5.74) is -2.12. The summed E-state index contributed by atoms with van der Waals surface area (Å²) in [5.74, 6) is -3.27. The third-order valence-electron chi connectivity index (χ3n) is 6.08. The van der Waals surface area contributed by atoms with Crippen LogP contribution in [0.2, 0.25) is 0 Å². The van der Waals surface area contributed by atoms with Crippen LogP contribution in [0, 0.1) is 11.7 Å². The lowest BCUT2D eigenvalue weighted by Gasteiger charge is -2.25. The number of nitrogens with zero attached hydrogens (tertiary/aromatic N) is 5. The van der Waals surface area contributed by atoms with Crippen molar-refractivity contribution in [2.45, 2.75) is 38.3 Å². The highest BCUT2D eigenvalue weighted by atomic mass is 19.4. The van der Waals surface area contributed by atoms with E-state index in [0.29, 0.717) is 0 Å². The van der Waals surface area contributed by atoms with Crippen LogP contribution in [0.3, 0.4) is 0 Å². The minimum atomic E-state index is -4.88. The molecule has 4 aromatic heterocycles. The maximum Gasteiger partial charge on any atom is 0.435 e. The number of carbonyl (C=O) groups excluding carboxylic acids is 1. The van der Waals surface area contributed by atoms with E-state index < -0.39 is 41.4 Å². The Morgan fingerprint density at radius 1 is 1.14 bits per heavy atom. The van der Waals surface area contributed by atoms with Gasteiger partial charge < -0.3 is 9.88 Å². The molecule has 0 aromatic carbocycles. The molecule has 1 aliphatic heterocycles. The highest BCUT2D eigenvalue weighted by molar-refractivity contribution is 5.94. The zero-order valence-electron chi connectivity index (χ0n) is 18.7. The van der Waals surface area contributed by atoms with E-state index in [1.165, 1.54) is 41.4 Å². The molecule has 14 heteroatoms. The van der Waals surface area contributed by atoms with Crippen molar-refractivity contribution in [1.29, 1.82) is 0 Å². The lowest BCUT2D eigenvalue weighted by atomic mass is 9.97. The third kappa shape index (κ3) is 4.74. The summed E-state index contributed by atoms with van der Waals surface area (Å²) in [6.07, 6.45) is -5.76. The summed E-state index contributed by atoms with van der Waals surface area (Å²) in [4.78, 5) is 24.3. The van der Waals surface area contributed by atoms with Crippen molar-refractivity contribution in [3.8, 4) is 11.4 Å². The maximum atomic E-state index is 14.8. The second-order valence-electron chi connectivity index (χ2n) is 8.56. The van der Waals surface area contributed by atoms with Crippen molar-refractivity contribution >= 4 is 11.6 Å². The third-order valence-corrected chi connectivity index (χ3v) is 6.08. The fourth-order valence-electron chi connectivity index (χ4n) is 4.26. The van der Waals surface area contributed by atoms with Gasteiger partial charge in [-0.1, -0.05) is 6.07 Å². The first kappa shape index (κ1) is 24.7. The monoisotopic (exact) mass is 526 g/mol. The van der Waals surface area contributed by atoms with Gasteiger partial charge >= 0.3 is 12.4 Å². The van der Waals surface area contributed by atoms with Crippen molar-refractivity contribution in [2.24, 2.45) is 5.92 Å². The quantitative estimate of drug-likeness (QED) is 0.388. The van der Waals surface area contributed by atoms with E-state index in [1.54, 1.807) is 0 Å². The van der Waals surface area contributed by atoms with Crippen LogP contribution in [0.25, 0.3) is 17.0 Å². The predicted octanol–water partition coefficient (Wildman–Crippen LogP) is 4.81. The van der Waals surface area contributed by atoms with Gasteiger partial charge in [-0.2, -0.15) is 26.3 Å². The molecule has 0 saturated carbocycles. The molecule has 0 spiro atoms. The Kier molecular flexibility index (Phi) is 5.91. The maximum absolute atomic E-state index is 14.8. The van der Waals surface area contributed by atoms with Gasteiger partial charge in [-0.25, -0.2) is 14.4 Å². The second-order valence-corrected chi connectivity index (χ2v) is 8.56. The van der Waals surface area contributed by atoms with Gasteiger partial charge in [0.25, 0.3) is 5.91 Å². The molecule has 5 rings (SSSR count). The van der Waals surface area contributed by atoms with Crippen LogP contribution in [0.15, 0.2) is 42.9 Å². The van der Waals surface area contributed by atoms with Crippen molar-refractivity contribution in [2.75, 3.05) is 0 Å². The molecule has 4 aromatic rings. The van der Waals surface area contributed by atoms with Gasteiger partial charge in [0.15, 0.2) is 11.5 Å². The van der Waals surface area contributed by atoms with E-state index in [-0.39, 0.29) is 54.4 Å². The Bertz CT molecular complexity index is 1490. The number of halogens is 7. The summed E-state index contributed by atoms with van der Waals surface area (Å²) < 4.78 is 96.9. The minimum Gasteiger partial charge on any atom is -0.347 e. The number of hydrogen-bond donors (Lipinski definition) is 1. The number of rotatable bonds is 4. The zero-order chi connectivity index (χ0) is 26.5. The number of aromatic nitrogens is 5.